The highest BCUT2D eigenvalue weighted by atomic mass is 19.1. The van der Waals surface area contributed by atoms with E-state index in [0.717, 1.165) is 12.3 Å². The normalized spacial score (nSPS) is 17.5. The zero-order chi connectivity index (χ0) is 10.8. The van der Waals surface area contributed by atoms with Crippen molar-refractivity contribution in [1.29, 1.82) is 0 Å². The van der Waals surface area contributed by atoms with E-state index in [1.807, 2.05) is 12.1 Å². The Morgan fingerprint density at radius 3 is 2.80 bits per heavy atom. The van der Waals surface area contributed by atoms with Crippen molar-refractivity contribution in [1.82, 2.24) is 0 Å². The van der Waals surface area contributed by atoms with Crippen LogP contribution in [0.2, 0.25) is 0 Å². The van der Waals surface area contributed by atoms with E-state index in [4.69, 9.17) is 0 Å². The van der Waals surface area contributed by atoms with Crippen molar-refractivity contribution in [2.24, 2.45) is 5.92 Å². The third kappa shape index (κ3) is 2.31. The van der Waals surface area contributed by atoms with Crippen LogP contribution in [0.25, 0.3) is 0 Å². The molecule has 0 spiro atoms. The van der Waals surface area contributed by atoms with Crippen LogP contribution in [0.15, 0.2) is 18.2 Å². The molecule has 1 aliphatic rings. The molecule has 1 atom stereocenters. The van der Waals surface area contributed by atoms with E-state index in [-0.39, 0.29) is 5.82 Å². The van der Waals surface area contributed by atoms with Gasteiger partial charge in [-0.15, -0.1) is 0 Å². The number of hydrogen-bond donors (Lipinski definition) is 1. The van der Waals surface area contributed by atoms with Gasteiger partial charge in [-0.05, 0) is 43.7 Å². The molecule has 0 aromatic heterocycles. The van der Waals surface area contributed by atoms with Gasteiger partial charge in [-0.2, -0.15) is 0 Å². The first-order valence-corrected chi connectivity index (χ1v) is 5.74. The first-order chi connectivity index (χ1) is 7.22. The highest BCUT2D eigenvalue weighted by molar-refractivity contribution is 5.48. The molecule has 1 aromatic rings. The minimum Gasteiger partial charge on any atom is -0.380 e. The van der Waals surface area contributed by atoms with Gasteiger partial charge in [0, 0.05) is 6.04 Å². The molecule has 0 bridgehead atoms. The minimum atomic E-state index is -0.100. The Morgan fingerprint density at radius 2 is 2.20 bits per heavy atom. The second kappa shape index (κ2) is 4.21. The monoisotopic (exact) mass is 207 g/mol. The molecular formula is C13H18FN. The Bertz CT molecular complexity index is 344. The van der Waals surface area contributed by atoms with Crippen molar-refractivity contribution in [3.63, 3.8) is 0 Å². The van der Waals surface area contributed by atoms with Crippen molar-refractivity contribution in [2.75, 3.05) is 5.32 Å². The topological polar surface area (TPSA) is 12.0 Å². The van der Waals surface area contributed by atoms with Gasteiger partial charge in [0.1, 0.15) is 5.82 Å². The van der Waals surface area contributed by atoms with Gasteiger partial charge in [-0.25, -0.2) is 4.39 Å². The molecule has 1 aliphatic carbocycles. The first kappa shape index (κ1) is 10.5. The van der Waals surface area contributed by atoms with Gasteiger partial charge in [-0.3, -0.25) is 0 Å². The number of rotatable bonds is 4. The van der Waals surface area contributed by atoms with Crippen molar-refractivity contribution >= 4 is 5.69 Å². The Kier molecular flexibility index (Phi) is 2.94. The zero-order valence-electron chi connectivity index (χ0n) is 9.39. The van der Waals surface area contributed by atoms with E-state index >= 15 is 0 Å². The lowest BCUT2D eigenvalue weighted by molar-refractivity contribution is 0.590. The van der Waals surface area contributed by atoms with E-state index < -0.39 is 0 Å². The Balaban J connectivity index is 2.11. The van der Waals surface area contributed by atoms with Crippen LogP contribution >= 0.6 is 0 Å². The second-order valence-electron chi connectivity index (χ2n) is 4.43. The lowest BCUT2D eigenvalue weighted by Gasteiger charge is -2.18. The fourth-order valence-corrected chi connectivity index (χ4v) is 2.01. The number of anilines is 1. The molecule has 15 heavy (non-hydrogen) atoms. The second-order valence-corrected chi connectivity index (χ2v) is 4.43. The van der Waals surface area contributed by atoms with Crippen molar-refractivity contribution < 1.29 is 4.39 Å². The standard InChI is InChI=1S/C13H18FN/c1-3-11(10-7-8-10)15-12-6-4-5-9(2)13(12)14/h4-6,10-11,15H,3,7-8H2,1-2H3. The van der Waals surface area contributed by atoms with E-state index in [1.165, 1.54) is 12.8 Å². The molecule has 0 amide bonds. The number of halogens is 1. The molecular weight excluding hydrogens is 189 g/mol. The minimum absolute atomic E-state index is 0.100. The van der Waals surface area contributed by atoms with Crippen LogP contribution in [0.5, 0.6) is 0 Å². The SMILES string of the molecule is CCC(Nc1cccc(C)c1F)C1CC1. The molecule has 1 nitrogen and oxygen atoms in total. The molecule has 0 heterocycles. The van der Waals surface area contributed by atoms with Crippen LogP contribution in [-0.4, -0.2) is 6.04 Å². The summed E-state index contributed by atoms with van der Waals surface area (Å²) >= 11 is 0. The molecule has 1 fully saturated rings. The van der Waals surface area contributed by atoms with Crippen LogP contribution in [0.4, 0.5) is 10.1 Å². The van der Waals surface area contributed by atoms with Gasteiger partial charge in [-0.1, -0.05) is 19.1 Å². The molecule has 1 aromatic carbocycles. The highest BCUT2D eigenvalue weighted by Crippen LogP contribution is 2.36. The Labute approximate surface area is 90.7 Å². The summed E-state index contributed by atoms with van der Waals surface area (Å²) < 4.78 is 13.7. The fraction of sp³-hybridized carbons (Fsp3) is 0.538. The molecule has 82 valence electrons. The van der Waals surface area contributed by atoms with E-state index in [9.17, 15) is 4.39 Å². The number of nitrogens with one attached hydrogen (secondary N) is 1. The van der Waals surface area contributed by atoms with E-state index in [2.05, 4.69) is 12.2 Å². The van der Waals surface area contributed by atoms with Crippen molar-refractivity contribution in [3.05, 3.63) is 29.6 Å². The lowest BCUT2D eigenvalue weighted by Crippen LogP contribution is -2.21. The maximum atomic E-state index is 13.7. The summed E-state index contributed by atoms with van der Waals surface area (Å²) in [6.07, 6.45) is 3.65. The average molecular weight is 207 g/mol. The van der Waals surface area contributed by atoms with Gasteiger partial charge >= 0.3 is 0 Å². The smallest absolute Gasteiger partial charge is 0.149 e. The maximum Gasteiger partial charge on any atom is 0.149 e. The van der Waals surface area contributed by atoms with Gasteiger partial charge in [0.15, 0.2) is 0 Å². The van der Waals surface area contributed by atoms with Gasteiger partial charge in [0.05, 0.1) is 5.69 Å². The average Bonchev–Trinajstić information content (AvgIpc) is 3.04. The number of hydrogen-bond acceptors (Lipinski definition) is 1. The Hall–Kier alpha value is -1.05. The summed E-state index contributed by atoms with van der Waals surface area (Å²) in [5, 5.41) is 3.32. The first-order valence-electron chi connectivity index (χ1n) is 5.74. The third-order valence-electron chi connectivity index (χ3n) is 3.16. The van der Waals surface area contributed by atoms with Crippen LogP contribution < -0.4 is 5.32 Å². The number of aryl methyl sites for hydroxylation is 1. The molecule has 0 saturated heterocycles. The zero-order valence-corrected chi connectivity index (χ0v) is 9.39. The Morgan fingerprint density at radius 1 is 1.47 bits per heavy atom. The molecule has 0 radical (unpaired) electrons. The molecule has 0 aliphatic heterocycles. The summed E-state index contributed by atoms with van der Waals surface area (Å²) in [6, 6.07) is 5.98. The summed E-state index contributed by atoms with van der Waals surface area (Å²) in [5.41, 5.74) is 1.37. The van der Waals surface area contributed by atoms with Crippen molar-refractivity contribution in [2.45, 2.75) is 39.2 Å². The third-order valence-corrected chi connectivity index (χ3v) is 3.16. The van der Waals surface area contributed by atoms with Gasteiger partial charge < -0.3 is 5.32 Å². The van der Waals surface area contributed by atoms with Crippen molar-refractivity contribution in [3.8, 4) is 0 Å². The molecule has 1 saturated carbocycles. The van der Waals surface area contributed by atoms with Crippen LogP contribution in [0.3, 0.4) is 0 Å². The quantitative estimate of drug-likeness (QED) is 0.793. The maximum absolute atomic E-state index is 13.7. The van der Waals surface area contributed by atoms with E-state index in [0.29, 0.717) is 17.3 Å². The summed E-state index contributed by atoms with van der Waals surface area (Å²) in [4.78, 5) is 0. The van der Waals surface area contributed by atoms with Gasteiger partial charge in [0.2, 0.25) is 0 Å². The summed E-state index contributed by atoms with van der Waals surface area (Å²) in [6.45, 7) is 3.96. The summed E-state index contributed by atoms with van der Waals surface area (Å²) in [7, 11) is 0. The van der Waals surface area contributed by atoms with Crippen LogP contribution in [0, 0.1) is 18.7 Å². The lowest BCUT2D eigenvalue weighted by atomic mass is 10.1. The molecule has 2 heteroatoms. The fourth-order valence-electron chi connectivity index (χ4n) is 2.01. The van der Waals surface area contributed by atoms with Gasteiger partial charge in [0.25, 0.3) is 0 Å². The number of benzene rings is 1. The highest BCUT2D eigenvalue weighted by Gasteiger charge is 2.30. The predicted molar refractivity (Wildman–Crippen MR) is 61.6 cm³/mol. The predicted octanol–water partition coefficient (Wildman–Crippen LogP) is 3.73. The summed E-state index contributed by atoms with van der Waals surface area (Å²) in [5.74, 6) is 0.659. The van der Waals surface area contributed by atoms with E-state index in [1.54, 1.807) is 13.0 Å². The molecule has 2 rings (SSSR count). The van der Waals surface area contributed by atoms with Crippen LogP contribution in [-0.2, 0) is 0 Å². The molecule has 1 N–H and O–H groups in total. The molecule has 1 unspecified atom stereocenters. The van der Waals surface area contributed by atoms with Crippen LogP contribution in [0.1, 0.15) is 31.7 Å². The largest absolute Gasteiger partial charge is 0.380 e.